The molecule has 17 atom stereocenters. The highest BCUT2D eigenvalue weighted by Gasteiger charge is 2.67. The van der Waals surface area contributed by atoms with E-state index in [1.54, 1.807) is 0 Å². The molecule has 5 saturated carbocycles. The molecule has 0 aromatic rings. The molecule has 1 saturated heterocycles. The molecule has 1 aliphatic heterocycles. The molecule has 5 aliphatic carbocycles. The summed E-state index contributed by atoms with van der Waals surface area (Å²) in [5, 5.41) is 91.0. The van der Waals surface area contributed by atoms with E-state index in [9.17, 15) is 40.9 Å². The fraction of sp³-hybridized carbons (Fsp3) is 1.00. The maximum atomic E-state index is 12.1. The lowest BCUT2D eigenvalue weighted by Crippen LogP contribution is -2.73. The van der Waals surface area contributed by atoms with E-state index in [4.69, 9.17) is 4.74 Å². The zero-order chi connectivity index (χ0) is 30.8. The third-order valence-corrected chi connectivity index (χ3v) is 13.7. The molecule has 0 aromatic heterocycles. The molecule has 0 radical (unpaired) electrons. The molecular weight excluding hydrogens is 552 g/mol. The van der Waals surface area contributed by atoms with E-state index in [0.717, 1.165) is 38.5 Å². The summed E-state index contributed by atoms with van der Waals surface area (Å²) < 4.78 is 5.72. The van der Waals surface area contributed by atoms with Gasteiger partial charge >= 0.3 is 0 Å². The van der Waals surface area contributed by atoms with Crippen LogP contribution in [0.3, 0.4) is 0 Å². The van der Waals surface area contributed by atoms with E-state index in [1.165, 1.54) is 19.8 Å². The Morgan fingerprint density at radius 2 is 1.51 bits per heavy atom. The van der Waals surface area contributed by atoms with Gasteiger partial charge in [0, 0.05) is 24.4 Å². The molecule has 1 heterocycles. The van der Waals surface area contributed by atoms with Gasteiger partial charge in [-0.25, -0.2) is 0 Å². The van der Waals surface area contributed by atoms with Crippen molar-refractivity contribution >= 4 is 0 Å². The van der Waals surface area contributed by atoms with Crippen LogP contribution in [0.2, 0.25) is 0 Å². The van der Waals surface area contributed by atoms with Gasteiger partial charge in [-0.2, -0.15) is 0 Å². The number of aliphatic hydroxyl groups is 8. The molecule has 248 valence electrons. The highest BCUT2D eigenvalue weighted by Crippen LogP contribution is 2.60. The minimum absolute atomic E-state index is 0.0838. The van der Waals surface area contributed by atoms with Gasteiger partial charge in [-0.15, -0.1) is 0 Å². The maximum absolute atomic E-state index is 12.1. The van der Waals surface area contributed by atoms with Crippen molar-refractivity contribution in [2.45, 2.75) is 145 Å². The van der Waals surface area contributed by atoms with E-state index < -0.39 is 72.0 Å². The van der Waals surface area contributed by atoms with Crippen molar-refractivity contribution < 1.29 is 45.6 Å². The minimum atomic E-state index is -1.96. The molecular formula is C34H58O9. The van der Waals surface area contributed by atoms with Gasteiger partial charge in [0.05, 0.1) is 48.8 Å². The van der Waals surface area contributed by atoms with Crippen LogP contribution in [-0.4, -0.2) is 102 Å². The molecule has 0 spiro atoms. The van der Waals surface area contributed by atoms with Crippen molar-refractivity contribution in [1.29, 1.82) is 0 Å². The highest BCUT2D eigenvalue weighted by atomic mass is 16.5. The monoisotopic (exact) mass is 610 g/mol. The maximum Gasteiger partial charge on any atom is 0.120 e. The first-order chi connectivity index (χ1) is 20.4. The van der Waals surface area contributed by atoms with Gasteiger partial charge in [0.2, 0.25) is 0 Å². The first-order valence-corrected chi connectivity index (χ1v) is 17.5. The van der Waals surface area contributed by atoms with E-state index in [1.807, 2.05) is 0 Å². The zero-order valence-electron chi connectivity index (χ0n) is 26.1. The Bertz CT molecular complexity index is 935. The van der Waals surface area contributed by atoms with Crippen molar-refractivity contribution in [3.63, 3.8) is 0 Å². The largest absolute Gasteiger partial charge is 0.393 e. The molecule has 0 amide bonds. The van der Waals surface area contributed by atoms with Gasteiger partial charge in [-0.05, 0) is 113 Å². The Labute approximate surface area is 256 Å². The molecule has 14 unspecified atom stereocenters. The fourth-order valence-corrected chi connectivity index (χ4v) is 11.4. The molecule has 9 nitrogen and oxygen atoms in total. The zero-order valence-corrected chi connectivity index (χ0v) is 26.1. The normalized spacial score (nSPS) is 55.1. The lowest BCUT2D eigenvalue weighted by molar-refractivity contribution is -0.297. The van der Waals surface area contributed by atoms with E-state index in [2.05, 4.69) is 6.92 Å². The number of ether oxygens (including phenoxy) is 1. The van der Waals surface area contributed by atoms with Crippen LogP contribution >= 0.6 is 0 Å². The van der Waals surface area contributed by atoms with E-state index in [-0.39, 0.29) is 30.3 Å². The lowest BCUT2D eigenvalue weighted by atomic mass is 9.46. The summed E-state index contributed by atoms with van der Waals surface area (Å²) in [5.74, 6) is -1.28. The van der Waals surface area contributed by atoms with Crippen molar-refractivity contribution in [3.8, 4) is 0 Å². The molecule has 6 fully saturated rings. The Kier molecular flexibility index (Phi) is 9.61. The predicted octanol–water partition coefficient (Wildman–Crippen LogP) is 1.59. The number of hydrogen-bond acceptors (Lipinski definition) is 9. The molecule has 8 N–H and O–H groups in total. The summed E-state index contributed by atoms with van der Waals surface area (Å²) in [6.07, 6.45) is 2.28. The quantitative estimate of drug-likeness (QED) is 0.222. The van der Waals surface area contributed by atoms with Crippen molar-refractivity contribution in [2.75, 3.05) is 6.61 Å². The Balaban J connectivity index is 1.27. The van der Waals surface area contributed by atoms with Gasteiger partial charge in [0.1, 0.15) is 5.60 Å². The van der Waals surface area contributed by atoms with Crippen LogP contribution in [0.1, 0.15) is 90.9 Å². The summed E-state index contributed by atoms with van der Waals surface area (Å²) in [7, 11) is 0. The van der Waals surface area contributed by atoms with Gasteiger partial charge in [-0.1, -0.05) is 19.8 Å². The smallest absolute Gasteiger partial charge is 0.120 e. The van der Waals surface area contributed by atoms with Crippen LogP contribution < -0.4 is 0 Å². The molecule has 6 rings (SSSR count). The number of fused-ring (bicyclic) bond motifs is 3. The van der Waals surface area contributed by atoms with Crippen LogP contribution in [0.15, 0.2) is 0 Å². The van der Waals surface area contributed by atoms with Gasteiger partial charge in [0.25, 0.3) is 0 Å². The highest BCUT2D eigenvalue weighted by molar-refractivity contribution is 5.16. The summed E-state index contributed by atoms with van der Waals surface area (Å²) >= 11 is 0. The van der Waals surface area contributed by atoms with Crippen molar-refractivity contribution in [2.24, 2.45) is 59.2 Å². The van der Waals surface area contributed by atoms with Crippen molar-refractivity contribution in [1.82, 2.24) is 0 Å². The average molecular weight is 611 g/mol. The van der Waals surface area contributed by atoms with Crippen LogP contribution in [0.4, 0.5) is 0 Å². The van der Waals surface area contributed by atoms with E-state index >= 15 is 0 Å². The van der Waals surface area contributed by atoms with Gasteiger partial charge in [0.15, 0.2) is 0 Å². The summed E-state index contributed by atoms with van der Waals surface area (Å²) in [4.78, 5) is 0. The number of rotatable bonds is 6. The summed E-state index contributed by atoms with van der Waals surface area (Å²) in [6, 6.07) is 0. The third-order valence-electron chi connectivity index (χ3n) is 13.7. The Morgan fingerprint density at radius 3 is 2.16 bits per heavy atom. The molecule has 6 aliphatic rings. The average Bonchev–Trinajstić information content (AvgIpc) is 3.50. The number of hydrogen-bond donors (Lipinski definition) is 8. The first-order valence-electron chi connectivity index (χ1n) is 17.5. The second kappa shape index (κ2) is 12.7. The fourth-order valence-electron chi connectivity index (χ4n) is 11.4. The molecule has 43 heavy (non-hydrogen) atoms. The van der Waals surface area contributed by atoms with Crippen LogP contribution in [0.5, 0.6) is 0 Å². The first kappa shape index (κ1) is 32.6. The number of aliphatic hydroxyl groups excluding tert-OH is 7. The summed E-state index contributed by atoms with van der Waals surface area (Å²) in [5.41, 5.74) is -1.96. The van der Waals surface area contributed by atoms with Crippen LogP contribution in [0, 0.1) is 59.2 Å². The van der Waals surface area contributed by atoms with Gasteiger partial charge in [-0.3, -0.25) is 0 Å². The van der Waals surface area contributed by atoms with Crippen molar-refractivity contribution in [3.05, 3.63) is 0 Å². The van der Waals surface area contributed by atoms with E-state index in [0.29, 0.717) is 43.6 Å². The summed E-state index contributed by atoms with van der Waals surface area (Å²) in [6.45, 7) is 4.46. The predicted molar refractivity (Wildman–Crippen MR) is 158 cm³/mol. The lowest BCUT2D eigenvalue weighted by Gasteiger charge is -2.63. The third kappa shape index (κ3) is 5.65. The second-order valence-corrected chi connectivity index (χ2v) is 16.0. The minimum Gasteiger partial charge on any atom is -0.393 e. The molecule has 0 bridgehead atoms. The van der Waals surface area contributed by atoms with Gasteiger partial charge < -0.3 is 45.6 Å². The second-order valence-electron chi connectivity index (χ2n) is 16.0. The topological polar surface area (TPSA) is 171 Å². The Hall–Kier alpha value is -0.360. The standard InChI is InChI=1S/C34H58O9/c1-16-5-7-18(8-6-16)22-13-19(9-10-24(36)26-4-3-11-43-26)30(38)29-23(22)14-20-12-21-15-25(37)27(17(2)35)32(40)34(21,42)33(41)28(20)31(29)39/h16-33,35-42H,3-15H2,1-2H3/t16?,17?,18?,19?,20-,21+,22?,23?,24?,25?,26?,27?,28?,29?,30?,31?,32?,33?,34-/m1/s1. The van der Waals surface area contributed by atoms with Crippen LogP contribution in [0.25, 0.3) is 0 Å². The SMILES string of the molecule is CC1CCC(C2CC(CCC(O)C3CCCO3)C(O)C3C(O)C4C(O)[C@]5(O)C(O)C(C(C)O)C(O)C[C@@H]5C[C@@H]4CC23)CC1. The molecule has 9 heteroatoms. The Morgan fingerprint density at radius 1 is 0.791 bits per heavy atom. The molecule has 0 aromatic carbocycles. The van der Waals surface area contributed by atoms with Crippen LogP contribution in [-0.2, 0) is 4.74 Å².